The van der Waals surface area contributed by atoms with E-state index in [1.807, 2.05) is 24.3 Å². The van der Waals surface area contributed by atoms with Crippen molar-refractivity contribution in [2.45, 2.75) is 24.7 Å². The molecule has 1 aromatic heterocycles. The summed E-state index contributed by atoms with van der Waals surface area (Å²) >= 11 is 0. The molecule has 1 N–H and O–H groups in total. The van der Waals surface area contributed by atoms with Gasteiger partial charge < -0.3 is 10.1 Å². The van der Waals surface area contributed by atoms with E-state index in [1.54, 1.807) is 7.11 Å². The molecule has 6 heteroatoms. The van der Waals surface area contributed by atoms with E-state index in [-0.39, 0.29) is 5.41 Å². The van der Waals surface area contributed by atoms with E-state index in [4.69, 9.17) is 4.74 Å². The first kappa shape index (κ1) is 16.4. The second-order valence-electron chi connectivity index (χ2n) is 6.00. The summed E-state index contributed by atoms with van der Waals surface area (Å²) in [4.78, 5) is 15.7. The van der Waals surface area contributed by atoms with Crippen LogP contribution in [0.25, 0.3) is 0 Å². The van der Waals surface area contributed by atoms with Crippen LogP contribution in [0.15, 0.2) is 36.5 Å². The van der Waals surface area contributed by atoms with Crippen molar-refractivity contribution in [2.75, 3.05) is 13.7 Å². The maximum atomic E-state index is 13.7. The van der Waals surface area contributed by atoms with E-state index in [0.29, 0.717) is 12.6 Å². The molecule has 126 valence electrons. The normalized spacial score (nSPS) is 15.5. The number of carbonyl (C=O) groups excluding carboxylic acids is 1. The van der Waals surface area contributed by atoms with Gasteiger partial charge >= 0.3 is 0 Å². The quantitative estimate of drug-likeness (QED) is 0.915. The number of hydrogen-bond donors (Lipinski definition) is 1. The molecule has 0 bridgehead atoms. The Kier molecular flexibility index (Phi) is 4.46. The molecule has 1 heterocycles. The van der Waals surface area contributed by atoms with Crippen LogP contribution in [0.4, 0.5) is 8.78 Å². The molecular formula is C18H18F2N2O2. The van der Waals surface area contributed by atoms with Crippen LogP contribution in [0.5, 0.6) is 5.75 Å². The number of amides is 1. The van der Waals surface area contributed by atoms with Crippen molar-refractivity contribution in [3.63, 3.8) is 0 Å². The second kappa shape index (κ2) is 6.55. The molecule has 4 nitrogen and oxygen atoms in total. The number of nitrogens with zero attached hydrogens (tertiary/aromatic N) is 1. The Morgan fingerprint density at radius 2 is 2.08 bits per heavy atom. The van der Waals surface area contributed by atoms with Crippen LogP contribution in [0.2, 0.25) is 0 Å². The molecule has 2 aromatic rings. The summed E-state index contributed by atoms with van der Waals surface area (Å²) in [5, 5.41) is 2.73. The molecule has 24 heavy (non-hydrogen) atoms. The summed E-state index contributed by atoms with van der Waals surface area (Å²) in [6.45, 7) is 0.352. The van der Waals surface area contributed by atoms with E-state index in [9.17, 15) is 13.6 Å². The molecule has 1 amide bonds. The number of pyridine rings is 1. The van der Waals surface area contributed by atoms with Gasteiger partial charge in [-0.2, -0.15) is 0 Å². The predicted octanol–water partition coefficient (Wildman–Crippen LogP) is 3.22. The highest BCUT2D eigenvalue weighted by atomic mass is 19.1. The van der Waals surface area contributed by atoms with Gasteiger partial charge in [0, 0.05) is 23.6 Å². The van der Waals surface area contributed by atoms with Crippen molar-refractivity contribution >= 4 is 5.91 Å². The number of carbonyl (C=O) groups is 1. The number of hydrogen-bond acceptors (Lipinski definition) is 3. The number of nitrogens with one attached hydrogen (secondary N) is 1. The Balaban J connectivity index is 1.78. The molecule has 1 saturated carbocycles. The summed E-state index contributed by atoms with van der Waals surface area (Å²) in [5.74, 6) is -1.65. The molecule has 0 saturated heterocycles. The molecule has 1 aliphatic carbocycles. The first-order valence-electron chi connectivity index (χ1n) is 7.78. The van der Waals surface area contributed by atoms with Gasteiger partial charge in [0.05, 0.1) is 13.3 Å². The number of benzene rings is 1. The molecule has 0 atom stereocenters. The SMILES string of the molecule is COc1ccccc1C1(CNC(=O)c2ncc(F)cc2F)CCC1. The van der Waals surface area contributed by atoms with Crippen LogP contribution in [0.3, 0.4) is 0 Å². The third-order valence-corrected chi connectivity index (χ3v) is 4.60. The van der Waals surface area contributed by atoms with Crippen LogP contribution < -0.4 is 10.1 Å². The minimum Gasteiger partial charge on any atom is -0.496 e. The van der Waals surface area contributed by atoms with E-state index in [1.165, 1.54) is 0 Å². The van der Waals surface area contributed by atoms with Gasteiger partial charge in [-0.15, -0.1) is 0 Å². The number of rotatable bonds is 5. The van der Waals surface area contributed by atoms with Crippen LogP contribution in [-0.2, 0) is 5.41 Å². The van der Waals surface area contributed by atoms with E-state index < -0.39 is 23.2 Å². The first-order chi connectivity index (χ1) is 11.6. The van der Waals surface area contributed by atoms with Gasteiger partial charge in [0.2, 0.25) is 0 Å². The smallest absolute Gasteiger partial charge is 0.272 e. The second-order valence-corrected chi connectivity index (χ2v) is 6.00. The minimum atomic E-state index is -0.965. The lowest BCUT2D eigenvalue weighted by atomic mass is 9.64. The molecule has 0 radical (unpaired) electrons. The van der Waals surface area contributed by atoms with Crippen LogP contribution in [0.1, 0.15) is 35.3 Å². The first-order valence-corrected chi connectivity index (χ1v) is 7.78. The van der Waals surface area contributed by atoms with Gasteiger partial charge in [-0.25, -0.2) is 13.8 Å². The topological polar surface area (TPSA) is 51.2 Å². The molecular weight excluding hydrogens is 314 g/mol. The van der Waals surface area contributed by atoms with Gasteiger partial charge in [0.15, 0.2) is 11.5 Å². The lowest BCUT2D eigenvalue weighted by Crippen LogP contribution is -2.46. The van der Waals surface area contributed by atoms with Crippen LogP contribution in [-0.4, -0.2) is 24.5 Å². The number of methoxy groups -OCH3 is 1. The van der Waals surface area contributed by atoms with Gasteiger partial charge in [-0.05, 0) is 18.9 Å². The number of ether oxygens (including phenoxy) is 1. The summed E-state index contributed by atoms with van der Waals surface area (Å²) in [7, 11) is 1.61. The standard InChI is InChI=1S/C18H18F2N2O2/c1-24-15-6-3-2-5-13(15)18(7-4-8-18)11-22-17(23)16-14(20)9-12(19)10-21-16/h2-3,5-6,9-10H,4,7-8,11H2,1H3,(H,22,23). The predicted molar refractivity (Wildman–Crippen MR) is 85.0 cm³/mol. The van der Waals surface area contributed by atoms with Gasteiger partial charge in [-0.3, -0.25) is 4.79 Å². The van der Waals surface area contributed by atoms with Crippen molar-refractivity contribution < 1.29 is 18.3 Å². The Labute approximate surface area is 138 Å². The summed E-state index contributed by atoms with van der Waals surface area (Å²) in [6, 6.07) is 8.35. The largest absolute Gasteiger partial charge is 0.496 e. The molecule has 0 aliphatic heterocycles. The van der Waals surface area contributed by atoms with Crippen LogP contribution >= 0.6 is 0 Å². The number of halogens is 2. The fourth-order valence-corrected chi connectivity index (χ4v) is 3.14. The van der Waals surface area contributed by atoms with Crippen molar-refractivity contribution in [3.05, 3.63) is 59.4 Å². The summed E-state index contributed by atoms with van der Waals surface area (Å²) < 4.78 is 32.0. The lowest BCUT2D eigenvalue weighted by molar-refractivity contribution is 0.0917. The molecule has 3 rings (SSSR count). The average molecular weight is 332 g/mol. The summed E-state index contributed by atoms with van der Waals surface area (Å²) in [5.41, 5.74) is 0.413. The maximum Gasteiger partial charge on any atom is 0.272 e. The highest BCUT2D eigenvalue weighted by Crippen LogP contribution is 2.46. The van der Waals surface area contributed by atoms with Gasteiger partial charge in [0.1, 0.15) is 11.6 Å². The van der Waals surface area contributed by atoms with Crippen molar-refractivity contribution in [1.29, 1.82) is 0 Å². The molecule has 0 spiro atoms. The number of para-hydroxylation sites is 1. The fraction of sp³-hybridized carbons (Fsp3) is 0.333. The maximum absolute atomic E-state index is 13.7. The number of aromatic nitrogens is 1. The molecule has 0 unspecified atom stereocenters. The Morgan fingerprint density at radius 3 is 2.71 bits per heavy atom. The van der Waals surface area contributed by atoms with Crippen LogP contribution in [0, 0.1) is 11.6 Å². The van der Waals surface area contributed by atoms with E-state index >= 15 is 0 Å². The lowest BCUT2D eigenvalue weighted by Gasteiger charge is -2.43. The zero-order valence-electron chi connectivity index (χ0n) is 13.3. The zero-order chi connectivity index (χ0) is 17.2. The Bertz CT molecular complexity index is 760. The van der Waals surface area contributed by atoms with Gasteiger partial charge in [-0.1, -0.05) is 24.6 Å². The highest BCUT2D eigenvalue weighted by molar-refractivity contribution is 5.92. The van der Waals surface area contributed by atoms with E-state index in [0.717, 1.165) is 36.8 Å². The van der Waals surface area contributed by atoms with E-state index in [2.05, 4.69) is 10.3 Å². The highest BCUT2D eigenvalue weighted by Gasteiger charge is 2.41. The van der Waals surface area contributed by atoms with Crippen molar-refractivity contribution in [2.24, 2.45) is 0 Å². The Hall–Kier alpha value is -2.50. The van der Waals surface area contributed by atoms with Crippen molar-refractivity contribution in [3.8, 4) is 5.75 Å². The monoisotopic (exact) mass is 332 g/mol. The zero-order valence-corrected chi connectivity index (χ0v) is 13.3. The molecule has 1 aromatic carbocycles. The minimum absolute atomic E-state index is 0.223. The third kappa shape index (κ3) is 2.96. The summed E-state index contributed by atoms with van der Waals surface area (Å²) in [6.07, 6.45) is 3.70. The average Bonchev–Trinajstić information content (AvgIpc) is 2.54. The Morgan fingerprint density at radius 1 is 1.33 bits per heavy atom. The molecule has 1 aliphatic rings. The van der Waals surface area contributed by atoms with Crippen molar-refractivity contribution in [1.82, 2.24) is 10.3 Å². The third-order valence-electron chi connectivity index (χ3n) is 4.60. The fourth-order valence-electron chi connectivity index (χ4n) is 3.14. The molecule has 1 fully saturated rings. The van der Waals surface area contributed by atoms with Gasteiger partial charge in [0.25, 0.3) is 5.91 Å².